The molecule has 0 saturated carbocycles. The van der Waals surface area contributed by atoms with E-state index in [4.69, 9.17) is 14.2 Å². The van der Waals surface area contributed by atoms with E-state index in [0.717, 1.165) is 0 Å². The second-order valence-electron chi connectivity index (χ2n) is 6.00. The molecule has 1 N–H and O–H groups in total. The molecule has 0 aliphatic carbocycles. The highest BCUT2D eigenvalue weighted by molar-refractivity contribution is 5.95. The zero-order valence-electron chi connectivity index (χ0n) is 15.4. The number of hydrogen-bond acceptors (Lipinski definition) is 5. The molecule has 1 aromatic rings. The topological polar surface area (TPSA) is 77.1 Å². The zero-order chi connectivity index (χ0) is 18.7. The van der Waals surface area contributed by atoms with E-state index in [1.54, 1.807) is 53.1 Å². The molecule has 2 amide bonds. The molecule has 136 valence electrons. The number of amides is 2. The van der Waals surface area contributed by atoms with Gasteiger partial charge in [-0.2, -0.15) is 0 Å². The van der Waals surface area contributed by atoms with Gasteiger partial charge in [-0.05, 0) is 32.9 Å². The summed E-state index contributed by atoms with van der Waals surface area (Å²) in [6.07, 6.45) is -0.269. The second kappa shape index (κ2) is 7.46. The first-order valence-corrected chi connectivity index (χ1v) is 7.98. The fourth-order valence-corrected chi connectivity index (χ4v) is 2.67. The maximum absolute atomic E-state index is 12.7. The fraction of sp³-hybridized carbons (Fsp3) is 0.444. The quantitative estimate of drug-likeness (QED) is 0.828. The fourth-order valence-electron chi connectivity index (χ4n) is 2.67. The van der Waals surface area contributed by atoms with Crippen LogP contribution in [0.1, 0.15) is 32.4 Å². The summed E-state index contributed by atoms with van der Waals surface area (Å²) < 4.78 is 16.0. The minimum Gasteiger partial charge on any atom is -0.497 e. The Morgan fingerprint density at radius 2 is 1.92 bits per heavy atom. The number of methoxy groups -OCH3 is 2. The van der Waals surface area contributed by atoms with Crippen LogP contribution < -0.4 is 14.8 Å². The number of allylic oxidation sites excluding steroid dienone is 1. The normalized spacial score (nSPS) is 17.5. The summed E-state index contributed by atoms with van der Waals surface area (Å²) in [5.74, 6) is 0.658. The number of nitrogens with one attached hydrogen (secondary N) is 1. The molecule has 1 heterocycles. The van der Waals surface area contributed by atoms with E-state index >= 15 is 0 Å². The first-order valence-electron chi connectivity index (χ1n) is 7.98. The van der Waals surface area contributed by atoms with E-state index in [2.05, 4.69) is 5.32 Å². The first-order chi connectivity index (χ1) is 11.8. The van der Waals surface area contributed by atoms with Crippen molar-refractivity contribution in [1.82, 2.24) is 10.2 Å². The van der Waals surface area contributed by atoms with Crippen LogP contribution in [0.5, 0.6) is 11.5 Å². The Bertz CT molecular complexity index is 711. The van der Waals surface area contributed by atoms with Gasteiger partial charge in [0, 0.05) is 24.4 Å². The minimum absolute atomic E-state index is 0.269. The summed E-state index contributed by atoms with van der Waals surface area (Å²) in [5, 5.41) is 2.84. The average Bonchev–Trinajstić information content (AvgIpc) is 2.57. The number of hydrogen-bond donors (Lipinski definition) is 1. The standard InChI is InChI=1S/C18H24N2O5/c1-10(2)25-17(21)15-11(3)20(4)18(22)19-16(15)13-8-7-12(23-5)9-14(13)24-6/h7-10,16H,1-6H3,(H,19,22)/t16-/m0/s1. The van der Waals surface area contributed by atoms with E-state index in [-0.39, 0.29) is 12.1 Å². The van der Waals surface area contributed by atoms with Crippen molar-refractivity contribution in [3.63, 3.8) is 0 Å². The molecular formula is C18H24N2O5. The molecule has 0 bridgehead atoms. The number of carbonyl (C=O) groups is 2. The van der Waals surface area contributed by atoms with E-state index < -0.39 is 12.0 Å². The van der Waals surface area contributed by atoms with Crippen molar-refractivity contribution < 1.29 is 23.8 Å². The van der Waals surface area contributed by atoms with Gasteiger partial charge in [-0.15, -0.1) is 0 Å². The van der Waals surface area contributed by atoms with Crippen molar-refractivity contribution in [2.75, 3.05) is 21.3 Å². The molecule has 1 aromatic carbocycles. The van der Waals surface area contributed by atoms with Gasteiger partial charge in [-0.3, -0.25) is 0 Å². The van der Waals surface area contributed by atoms with Crippen LogP contribution in [0.3, 0.4) is 0 Å². The van der Waals surface area contributed by atoms with Gasteiger partial charge in [0.15, 0.2) is 0 Å². The summed E-state index contributed by atoms with van der Waals surface area (Å²) in [5.41, 5.74) is 1.57. The highest BCUT2D eigenvalue weighted by Gasteiger charge is 2.36. The summed E-state index contributed by atoms with van der Waals surface area (Å²) in [6, 6.07) is 4.25. The molecule has 0 unspecified atom stereocenters. The molecule has 7 heteroatoms. The zero-order valence-corrected chi connectivity index (χ0v) is 15.4. The van der Waals surface area contributed by atoms with Crippen molar-refractivity contribution >= 4 is 12.0 Å². The third-order valence-electron chi connectivity index (χ3n) is 4.07. The van der Waals surface area contributed by atoms with Crippen LogP contribution in [0.2, 0.25) is 0 Å². The molecule has 0 radical (unpaired) electrons. The number of rotatable bonds is 5. The van der Waals surface area contributed by atoms with Crippen LogP contribution in [-0.2, 0) is 9.53 Å². The highest BCUT2D eigenvalue weighted by Crippen LogP contribution is 2.37. The number of benzene rings is 1. The molecule has 2 rings (SSSR count). The van der Waals surface area contributed by atoms with Gasteiger partial charge in [-0.25, -0.2) is 9.59 Å². The molecule has 0 fully saturated rings. The summed E-state index contributed by atoms with van der Waals surface area (Å²) in [7, 11) is 4.69. The van der Waals surface area contributed by atoms with Crippen molar-refractivity contribution in [2.24, 2.45) is 0 Å². The van der Waals surface area contributed by atoms with Crippen molar-refractivity contribution in [1.29, 1.82) is 0 Å². The largest absolute Gasteiger partial charge is 0.497 e. The van der Waals surface area contributed by atoms with E-state index in [0.29, 0.717) is 28.3 Å². The summed E-state index contributed by atoms with van der Waals surface area (Å²) >= 11 is 0. The predicted octanol–water partition coefficient (Wildman–Crippen LogP) is 2.63. The third-order valence-corrected chi connectivity index (χ3v) is 4.07. The Morgan fingerprint density at radius 1 is 1.24 bits per heavy atom. The van der Waals surface area contributed by atoms with Gasteiger partial charge >= 0.3 is 12.0 Å². The lowest BCUT2D eigenvalue weighted by Crippen LogP contribution is -2.46. The molecule has 1 aliphatic heterocycles. The number of ether oxygens (including phenoxy) is 3. The maximum atomic E-state index is 12.7. The lowest BCUT2D eigenvalue weighted by atomic mass is 9.94. The van der Waals surface area contributed by atoms with Crippen LogP contribution in [0.15, 0.2) is 29.5 Å². The molecule has 0 spiro atoms. The third kappa shape index (κ3) is 3.70. The SMILES string of the molecule is COc1ccc([C@@H]2NC(=O)N(C)C(C)=C2C(=O)OC(C)C)c(OC)c1. The molecular weight excluding hydrogens is 324 g/mol. The monoisotopic (exact) mass is 348 g/mol. The second-order valence-corrected chi connectivity index (χ2v) is 6.00. The van der Waals surface area contributed by atoms with Crippen LogP contribution in [0.25, 0.3) is 0 Å². The van der Waals surface area contributed by atoms with E-state index in [1.165, 1.54) is 12.0 Å². The molecule has 1 aliphatic rings. The van der Waals surface area contributed by atoms with Crippen LogP contribution >= 0.6 is 0 Å². The Hall–Kier alpha value is -2.70. The van der Waals surface area contributed by atoms with Crippen LogP contribution in [0.4, 0.5) is 4.79 Å². The van der Waals surface area contributed by atoms with E-state index in [9.17, 15) is 9.59 Å². The molecule has 7 nitrogen and oxygen atoms in total. The smallest absolute Gasteiger partial charge is 0.338 e. The summed E-state index contributed by atoms with van der Waals surface area (Å²) in [6.45, 7) is 5.28. The van der Waals surface area contributed by atoms with E-state index in [1.807, 2.05) is 0 Å². The Kier molecular flexibility index (Phi) is 5.56. The number of carbonyl (C=O) groups excluding carboxylic acids is 2. The maximum Gasteiger partial charge on any atom is 0.338 e. The van der Waals surface area contributed by atoms with Crippen molar-refractivity contribution in [3.05, 3.63) is 35.0 Å². The molecule has 0 saturated heterocycles. The van der Waals surface area contributed by atoms with Crippen molar-refractivity contribution in [2.45, 2.75) is 32.9 Å². The molecule has 25 heavy (non-hydrogen) atoms. The van der Waals surface area contributed by atoms with Gasteiger partial charge in [0.05, 0.1) is 31.9 Å². The Morgan fingerprint density at radius 3 is 2.48 bits per heavy atom. The minimum atomic E-state index is -0.671. The van der Waals surface area contributed by atoms with Gasteiger partial charge < -0.3 is 24.4 Å². The molecule has 1 atom stereocenters. The number of urea groups is 1. The lowest BCUT2D eigenvalue weighted by molar-refractivity contribution is -0.143. The molecule has 0 aromatic heterocycles. The summed E-state index contributed by atoms with van der Waals surface area (Å²) in [4.78, 5) is 26.3. The van der Waals surface area contributed by atoms with Crippen LogP contribution in [-0.4, -0.2) is 44.3 Å². The van der Waals surface area contributed by atoms with Gasteiger partial charge in [0.2, 0.25) is 0 Å². The van der Waals surface area contributed by atoms with Gasteiger partial charge in [0.1, 0.15) is 11.5 Å². The Balaban J connectivity index is 2.57. The lowest BCUT2D eigenvalue weighted by Gasteiger charge is -2.34. The van der Waals surface area contributed by atoms with Crippen LogP contribution in [0, 0.1) is 0 Å². The van der Waals surface area contributed by atoms with Gasteiger partial charge in [-0.1, -0.05) is 0 Å². The Labute approximate surface area is 147 Å². The van der Waals surface area contributed by atoms with Gasteiger partial charge in [0.25, 0.3) is 0 Å². The average molecular weight is 348 g/mol. The number of nitrogens with zero attached hydrogens (tertiary/aromatic N) is 1. The first kappa shape index (κ1) is 18.6. The highest BCUT2D eigenvalue weighted by atomic mass is 16.5. The number of esters is 1. The van der Waals surface area contributed by atoms with Crippen molar-refractivity contribution in [3.8, 4) is 11.5 Å². The predicted molar refractivity (Wildman–Crippen MR) is 92.5 cm³/mol.